The van der Waals surface area contributed by atoms with Crippen molar-refractivity contribution in [3.05, 3.63) is 81.7 Å². The minimum Gasteiger partial charge on any atom is -0.465 e. The Morgan fingerprint density at radius 3 is 2.29 bits per heavy atom. The molecule has 38 heavy (non-hydrogen) atoms. The predicted molar refractivity (Wildman–Crippen MR) is 140 cm³/mol. The number of methoxy groups -OCH3 is 1. The lowest BCUT2D eigenvalue weighted by molar-refractivity contribution is -0.126. The van der Waals surface area contributed by atoms with Gasteiger partial charge < -0.3 is 9.47 Å². The number of carbonyl (C=O) groups is 4. The number of carbonyl (C=O) groups excluding carboxylic acids is 4. The van der Waals surface area contributed by atoms with Gasteiger partial charge in [0.15, 0.2) is 6.10 Å². The highest BCUT2D eigenvalue weighted by molar-refractivity contribution is 7.19. The summed E-state index contributed by atoms with van der Waals surface area (Å²) < 4.78 is 10.1. The zero-order chi connectivity index (χ0) is 27.1. The molecule has 3 atom stereocenters. The average molecular weight is 535 g/mol. The van der Waals surface area contributed by atoms with E-state index in [0.717, 1.165) is 27.4 Å². The van der Waals surface area contributed by atoms with Crippen molar-refractivity contribution in [3.63, 3.8) is 0 Å². The van der Waals surface area contributed by atoms with Gasteiger partial charge in [-0.05, 0) is 44.0 Å². The topological polar surface area (TPSA) is 102 Å². The third-order valence-corrected chi connectivity index (χ3v) is 7.98. The van der Waals surface area contributed by atoms with E-state index in [2.05, 4.69) is 0 Å². The molecule has 0 bridgehead atoms. The molecule has 2 saturated heterocycles. The van der Waals surface area contributed by atoms with Crippen molar-refractivity contribution < 1.29 is 33.5 Å². The van der Waals surface area contributed by atoms with E-state index in [4.69, 9.17) is 14.3 Å². The molecular formula is C28H26N2O7S. The maximum atomic E-state index is 14.0. The number of benzene rings is 2. The fraction of sp³-hybridized carbons (Fsp3) is 0.286. The van der Waals surface area contributed by atoms with Gasteiger partial charge in [0.2, 0.25) is 5.91 Å². The first-order chi connectivity index (χ1) is 18.3. The zero-order valence-corrected chi connectivity index (χ0v) is 22.1. The van der Waals surface area contributed by atoms with Crippen molar-refractivity contribution in [2.75, 3.05) is 23.7 Å². The summed E-state index contributed by atoms with van der Waals surface area (Å²) in [5.74, 6) is -3.42. The van der Waals surface area contributed by atoms with E-state index in [1.165, 1.54) is 7.11 Å². The summed E-state index contributed by atoms with van der Waals surface area (Å²) in [5.41, 5.74) is 2.82. The van der Waals surface area contributed by atoms with Crippen LogP contribution in [0.2, 0.25) is 0 Å². The number of para-hydroxylation sites is 1. The van der Waals surface area contributed by atoms with Gasteiger partial charge in [-0.25, -0.2) is 19.6 Å². The summed E-state index contributed by atoms with van der Waals surface area (Å²) in [5, 5.41) is 1.64. The molecule has 2 amide bonds. The van der Waals surface area contributed by atoms with Crippen molar-refractivity contribution in [3.8, 4) is 0 Å². The number of esters is 2. The molecule has 0 saturated carbocycles. The first-order valence-electron chi connectivity index (χ1n) is 12.1. The van der Waals surface area contributed by atoms with Crippen LogP contribution in [-0.4, -0.2) is 43.6 Å². The van der Waals surface area contributed by atoms with Crippen molar-refractivity contribution in [2.24, 2.45) is 5.92 Å². The lowest BCUT2D eigenvalue weighted by Gasteiger charge is -2.28. The van der Waals surface area contributed by atoms with Gasteiger partial charge in [0.05, 0.1) is 31.0 Å². The predicted octanol–water partition coefficient (Wildman–Crippen LogP) is 4.38. The molecule has 2 aliphatic heterocycles. The second-order valence-corrected chi connectivity index (χ2v) is 10.0. The van der Waals surface area contributed by atoms with Crippen LogP contribution in [0, 0.1) is 19.8 Å². The summed E-state index contributed by atoms with van der Waals surface area (Å²) in [6, 6.07) is 16.4. The Hall–Kier alpha value is -4.02. The molecule has 0 radical (unpaired) electrons. The second-order valence-electron chi connectivity index (χ2n) is 9.03. The molecule has 10 heteroatoms. The lowest BCUT2D eigenvalue weighted by atomic mass is 9.90. The number of thiophene rings is 1. The molecule has 2 aliphatic rings. The van der Waals surface area contributed by atoms with Gasteiger partial charge in [0.25, 0.3) is 5.91 Å². The Bertz CT molecular complexity index is 1420. The molecule has 2 aromatic carbocycles. The summed E-state index contributed by atoms with van der Waals surface area (Å²) in [6.45, 7) is 5.32. The van der Waals surface area contributed by atoms with E-state index in [1.54, 1.807) is 18.9 Å². The minimum atomic E-state index is -1.12. The van der Waals surface area contributed by atoms with Gasteiger partial charge >= 0.3 is 11.9 Å². The Kier molecular flexibility index (Phi) is 6.77. The number of aryl methyl sites for hydroxylation is 1. The molecular weight excluding hydrogens is 508 g/mol. The van der Waals surface area contributed by atoms with Crippen LogP contribution in [0.3, 0.4) is 0 Å². The van der Waals surface area contributed by atoms with Crippen LogP contribution in [0.15, 0.2) is 54.6 Å². The molecule has 0 unspecified atom stereocenters. The van der Waals surface area contributed by atoms with Crippen molar-refractivity contribution in [1.29, 1.82) is 0 Å². The molecule has 2 fully saturated rings. The van der Waals surface area contributed by atoms with Gasteiger partial charge in [0.1, 0.15) is 15.8 Å². The van der Waals surface area contributed by atoms with E-state index >= 15 is 0 Å². The molecule has 5 rings (SSSR count). The summed E-state index contributed by atoms with van der Waals surface area (Å²) in [6.07, 6.45) is -1.12. The van der Waals surface area contributed by atoms with Crippen LogP contribution in [0.25, 0.3) is 0 Å². The molecule has 1 aromatic heterocycles. The number of hydrogen-bond acceptors (Lipinski definition) is 9. The largest absolute Gasteiger partial charge is 0.465 e. The van der Waals surface area contributed by atoms with Crippen LogP contribution in [-0.2, 0) is 23.9 Å². The SMILES string of the molecule is CCOC(=O)c1sc(N2C(=O)[C@@H]3[C@@H](ON(c4ccccc4)[C@H]3c3ccc(C)cc3)C2=O)c(C(=O)OC)c1C. The highest BCUT2D eigenvalue weighted by Gasteiger charge is 2.61. The highest BCUT2D eigenvalue weighted by Crippen LogP contribution is 2.49. The summed E-state index contributed by atoms with van der Waals surface area (Å²) in [4.78, 5) is 60.4. The summed E-state index contributed by atoms with van der Waals surface area (Å²) >= 11 is 0.857. The molecule has 3 heterocycles. The Labute approximate surface area is 223 Å². The van der Waals surface area contributed by atoms with E-state index in [9.17, 15) is 19.2 Å². The maximum Gasteiger partial charge on any atom is 0.348 e. The van der Waals surface area contributed by atoms with Gasteiger partial charge in [-0.3, -0.25) is 14.4 Å². The van der Waals surface area contributed by atoms with Crippen LogP contribution < -0.4 is 9.96 Å². The quantitative estimate of drug-likeness (QED) is 0.339. The Balaban J connectivity index is 1.61. The van der Waals surface area contributed by atoms with Gasteiger partial charge in [-0.1, -0.05) is 48.0 Å². The number of imide groups is 1. The third-order valence-electron chi connectivity index (χ3n) is 6.73. The first-order valence-corrected chi connectivity index (χ1v) is 12.9. The number of ether oxygens (including phenoxy) is 2. The van der Waals surface area contributed by atoms with Crippen molar-refractivity contribution in [1.82, 2.24) is 0 Å². The molecule has 0 N–H and O–H groups in total. The number of fused-ring (bicyclic) bond motifs is 1. The molecule has 0 spiro atoms. The van der Waals surface area contributed by atoms with E-state index in [1.807, 2.05) is 61.5 Å². The van der Waals surface area contributed by atoms with Gasteiger partial charge in [-0.2, -0.15) is 0 Å². The second kappa shape index (κ2) is 10.0. The van der Waals surface area contributed by atoms with E-state index < -0.39 is 41.8 Å². The highest BCUT2D eigenvalue weighted by atomic mass is 32.1. The number of hydrogen-bond donors (Lipinski definition) is 0. The number of hydroxylamine groups is 1. The standard InChI is InChI=1S/C28H26N2O7S/c1-5-36-28(34)23-16(3)19(27(33)35-4)26(38-23)29-24(31)20-21(17-13-11-15(2)12-14-17)30(37-22(20)25(29)32)18-9-7-6-8-10-18/h6-14,20-22H,5H2,1-4H3/t20-,21-,22+/m0/s1. The molecule has 3 aromatic rings. The fourth-order valence-electron chi connectivity index (χ4n) is 4.91. The number of amides is 2. The smallest absolute Gasteiger partial charge is 0.348 e. The van der Waals surface area contributed by atoms with Gasteiger partial charge in [0, 0.05) is 0 Å². The molecule has 9 nitrogen and oxygen atoms in total. The van der Waals surface area contributed by atoms with Crippen LogP contribution in [0.4, 0.5) is 10.7 Å². The maximum absolute atomic E-state index is 14.0. The Morgan fingerprint density at radius 2 is 1.66 bits per heavy atom. The van der Waals surface area contributed by atoms with E-state index in [0.29, 0.717) is 5.69 Å². The lowest BCUT2D eigenvalue weighted by Crippen LogP contribution is -2.37. The monoisotopic (exact) mass is 534 g/mol. The molecule has 0 aliphatic carbocycles. The zero-order valence-electron chi connectivity index (χ0n) is 21.3. The van der Waals surface area contributed by atoms with Crippen LogP contribution in [0.5, 0.6) is 0 Å². The number of nitrogens with zero attached hydrogens (tertiary/aromatic N) is 2. The first kappa shape index (κ1) is 25.6. The van der Waals surface area contributed by atoms with E-state index in [-0.39, 0.29) is 27.6 Å². The number of anilines is 2. The van der Waals surface area contributed by atoms with Crippen LogP contribution in [0.1, 0.15) is 49.7 Å². The van der Waals surface area contributed by atoms with Crippen molar-refractivity contribution in [2.45, 2.75) is 32.9 Å². The molecule has 196 valence electrons. The Morgan fingerprint density at radius 1 is 0.974 bits per heavy atom. The minimum absolute atomic E-state index is 0.0194. The fourth-order valence-corrected chi connectivity index (χ4v) is 6.11. The average Bonchev–Trinajstić information content (AvgIpc) is 3.55. The third kappa shape index (κ3) is 4.06. The van der Waals surface area contributed by atoms with Gasteiger partial charge in [-0.15, -0.1) is 11.3 Å². The van der Waals surface area contributed by atoms with Crippen molar-refractivity contribution >= 4 is 45.8 Å². The number of rotatable bonds is 6. The van der Waals surface area contributed by atoms with Crippen LogP contribution >= 0.6 is 11.3 Å². The normalized spacial score (nSPS) is 20.6. The summed E-state index contributed by atoms with van der Waals surface area (Å²) in [7, 11) is 1.20.